The highest BCUT2D eigenvalue weighted by Gasteiger charge is 2.18. The molecule has 0 aliphatic carbocycles. The first-order chi connectivity index (χ1) is 10.9. The first-order valence-electron chi connectivity index (χ1n) is 8.46. The number of hydrogen-bond acceptors (Lipinski definition) is 4. The third-order valence-corrected chi connectivity index (χ3v) is 3.56. The molecule has 4 nitrogen and oxygen atoms in total. The fraction of sp³-hybridized carbons (Fsp3) is 0.684. The van der Waals surface area contributed by atoms with Crippen LogP contribution in [0.3, 0.4) is 0 Å². The Balaban J connectivity index is 2.22. The Morgan fingerprint density at radius 3 is 2.48 bits per heavy atom. The number of aryl methyl sites for hydroxylation is 1. The van der Waals surface area contributed by atoms with Crippen LogP contribution in [0.4, 0.5) is 0 Å². The van der Waals surface area contributed by atoms with E-state index in [9.17, 15) is 0 Å². The van der Waals surface area contributed by atoms with Gasteiger partial charge in [0.2, 0.25) is 0 Å². The van der Waals surface area contributed by atoms with E-state index < -0.39 is 0 Å². The molecule has 1 aromatic carbocycles. The Hall–Kier alpha value is -1.10. The van der Waals surface area contributed by atoms with Gasteiger partial charge in [-0.05, 0) is 42.5 Å². The molecule has 1 N–H and O–H groups in total. The summed E-state index contributed by atoms with van der Waals surface area (Å²) in [6, 6.07) is 6.41. The molecule has 0 atom stereocenters. The van der Waals surface area contributed by atoms with Crippen molar-refractivity contribution >= 4 is 0 Å². The van der Waals surface area contributed by atoms with Gasteiger partial charge in [0.05, 0.1) is 13.2 Å². The van der Waals surface area contributed by atoms with Crippen LogP contribution in [0.25, 0.3) is 0 Å². The summed E-state index contributed by atoms with van der Waals surface area (Å²) in [4.78, 5) is 0. The van der Waals surface area contributed by atoms with Gasteiger partial charge >= 0.3 is 0 Å². The van der Waals surface area contributed by atoms with E-state index in [1.165, 1.54) is 11.1 Å². The van der Waals surface area contributed by atoms with Crippen LogP contribution in [0, 0.1) is 6.92 Å². The van der Waals surface area contributed by atoms with E-state index in [0.29, 0.717) is 19.8 Å². The van der Waals surface area contributed by atoms with Gasteiger partial charge in [0.15, 0.2) is 0 Å². The highest BCUT2D eigenvalue weighted by Crippen LogP contribution is 2.31. The first-order valence-corrected chi connectivity index (χ1v) is 8.46. The third kappa shape index (κ3) is 8.35. The summed E-state index contributed by atoms with van der Waals surface area (Å²) in [6.07, 6.45) is 1.03. The summed E-state index contributed by atoms with van der Waals surface area (Å²) >= 11 is 0. The maximum Gasteiger partial charge on any atom is 0.123 e. The minimum Gasteiger partial charge on any atom is -0.491 e. The molecular weight excluding hydrogens is 290 g/mol. The molecule has 0 aromatic heterocycles. The highest BCUT2D eigenvalue weighted by molar-refractivity contribution is 5.41. The highest BCUT2D eigenvalue weighted by atomic mass is 16.5. The molecule has 0 bridgehead atoms. The zero-order chi connectivity index (χ0) is 17.1. The number of rotatable bonds is 11. The maximum atomic E-state index is 5.94. The van der Waals surface area contributed by atoms with Crippen LogP contribution < -0.4 is 10.1 Å². The monoisotopic (exact) mass is 323 g/mol. The molecule has 1 aromatic rings. The van der Waals surface area contributed by atoms with Crippen molar-refractivity contribution in [1.82, 2.24) is 5.32 Å². The molecule has 0 heterocycles. The molecule has 0 amide bonds. The van der Waals surface area contributed by atoms with Crippen molar-refractivity contribution in [3.05, 3.63) is 29.3 Å². The molecule has 0 spiro atoms. The second-order valence-corrected chi connectivity index (χ2v) is 6.81. The topological polar surface area (TPSA) is 39.7 Å². The van der Waals surface area contributed by atoms with Crippen molar-refractivity contribution < 1.29 is 14.2 Å². The van der Waals surface area contributed by atoms with Crippen molar-refractivity contribution in [2.24, 2.45) is 0 Å². The van der Waals surface area contributed by atoms with E-state index in [-0.39, 0.29) is 5.41 Å². The van der Waals surface area contributed by atoms with Gasteiger partial charge in [0.25, 0.3) is 0 Å². The molecule has 0 saturated heterocycles. The third-order valence-electron chi connectivity index (χ3n) is 3.56. The van der Waals surface area contributed by atoms with Gasteiger partial charge in [-0.1, -0.05) is 32.9 Å². The first kappa shape index (κ1) is 19.9. The molecule has 23 heavy (non-hydrogen) atoms. The lowest BCUT2D eigenvalue weighted by Gasteiger charge is -2.23. The Bertz CT molecular complexity index is 441. The Morgan fingerprint density at radius 2 is 1.78 bits per heavy atom. The molecule has 0 saturated carbocycles. The SMILES string of the molecule is COCCCNCCOCCOc1cc(C)ccc1C(C)(C)C. The van der Waals surface area contributed by atoms with Crippen LogP contribution in [0.5, 0.6) is 5.75 Å². The van der Waals surface area contributed by atoms with Crippen molar-refractivity contribution in [3.63, 3.8) is 0 Å². The van der Waals surface area contributed by atoms with Gasteiger partial charge in [-0.25, -0.2) is 0 Å². The average Bonchev–Trinajstić information content (AvgIpc) is 2.48. The fourth-order valence-electron chi connectivity index (χ4n) is 2.29. The summed E-state index contributed by atoms with van der Waals surface area (Å²) in [5.74, 6) is 0.971. The average molecular weight is 323 g/mol. The number of nitrogens with one attached hydrogen (secondary N) is 1. The van der Waals surface area contributed by atoms with Crippen LogP contribution in [-0.4, -0.2) is 46.6 Å². The summed E-state index contributed by atoms with van der Waals surface area (Å²) in [5.41, 5.74) is 2.54. The Kier molecular flexibility index (Phi) is 9.22. The van der Waals surface area contributed by atoms with Gasteiger partial charge < -0.3 is 19.5 Å². The number of ether oxygens (including phenoxy) is 3. The smallest absolute Gasteiger partial charge is 0.123 e. The molecule has 1 rings (SSSR count). The van der Waals surface area contributed by atoms with Gasteiger partial charge in [0.1, 0.15) is 12.4 Å². The molecule has 132 valence electrons. The quantitative estimate of drug-likeness (QED) is 0.634. The lowest BCUT2D eigenvalue weighted by molar-refractivity contribution is 0.101. The van der Waals surface area contributed by atoms with Crippen molar-refractivity contribution in [1.29, 1.82) is 0 Å². The maximum absolute atomic E-state index is 5.94. The molecule has 0 radical (unpaired) electrons. The van der Waals surface area contributed by atoms with E-state index >= 15 is 0 Å². The molecule has 0 unspecified atom stereocenters. The zero-order valence-corrected chi connectivity index (χ0v) is 15.4. The van der Waals surface area contributed by atoms with Crippen molar-refractivity contribution in [3.8, 4) is 5.75 Å². The molecule has 0 fully saturated rings. The summed E-state index contributed by atoms with van der Waals surface area (Å²) in [6.45, 7) is 13.2. The van der Waals surface area contributed by atoms with Crippen LogP contribution in [0.2, 0.25) is 0 Å². The Morgan fingerprint density at radius 1 is 1.00 bits per heavy atom. The lowest BCUT2D eigenvalue weighted by Crippen LogP contribution is -2.23. The molecule has 0 aliphatic heterocycles. The summed E-state index contributed by atoms with van der Waals surface area (Å²) in [5, 5.41) is 3.32. The van der Waals surface area contributed by atoms with E-state index in [1.54, 1.807) is 7.11 Å². The second-order valence-electron chi connectivity index (χ2n) is 6.81. The van der Waals surface area contributed by atoms with Crippen LogP contribution in [-0.2, 0) is 14.9 Å². The second kappa shape index (κ2) is 10.6. The zero-order valence-electron chi connectivity index (χ0n) is 15.4. The van der Waals surface area contributed by atoms with Crippen LogP contribution in [0.1, 0.15) is 38.3 Å². The largest absolute Gasteiger partial charge is 0.491 e. The number of benzene rings is 1. The van der Waals surface area contributed by atoms with E-state index in [4.69, 9.17) is 14.2 Å². The number of methoxy groups -OCH3 is 1. The molecule has 0 aliphatic rings. The standard InChI is InChI=1S/C19H33NO3/c1-16-7-8-17(19(2,3)4)18(15-16)23-14-13-22-12-10-20-9-6-11-21-5/h7-8,15,20H,6,9-14H2,1-5H3. The molecule has 4 heteroatoms. The fourth-order valence-corrected chi connectivity index (χ4v) is 2.29. The lowest BCUT2D eigenvalue weighted by atomic mass is 9.86. The number of hydrogen-bond donors (Lipinski definition) is 1. The van der Waals surface area contributed by atoms with Crippen LogP contribution >= 0.6 is 0 Å². The van der Waals surface area contributed by atoms with Gasteiger partial charge in [0, 0.05) is 20.3 Å². The predicted molar refractivity (Wildman–Crippen MR) is 95.6 cm³/mol. The van der Waals surface area contributed by atoms with Gasteiger partial charge in [-0.3, -0.25) is 0 Å². The predicted octanol–water partition coefficient (Wildman–Crippen LogP) is 3.31. The van der Waals surface area contributed by atoms with E-state index in [0.717, 1.165) is 31.9 Å². The summed E-state index contributed by atoms with van der Waals surface area (Å²) in [7, 11) is 1.72. The Labute approximate surface area is 141 Å². The van der Waals surface area contributed by atoms with E-state index in [2.05, 4.69) is 51.2 Å². The van der Waals surface area contributed by atoms with Gasteiger partial charge in [-0.15, -0.1) is 0 Å². The van der Waals surface area contributed by atoms with Gasteiger partial charge in [-0.2, -0.15) is 0 Å². The normalized spacial score (nSPS) is 11.7. The molecular formula is C19H33NO3. The van der Waals surface area contributed by atoms with Crippen molar-refractivity contribution in [2.75, 3.05) is 46.6 Å². The van der Waals surface area contributed by atoms with E-state index in [1.807, 2.05) is 0 Å². The van der Waals surface area contributed by atoms with Crippen LogP contribution in [0.15, 0.2) is 18.2 Å². The minimum absolute atomic E-state index is 0.0794. The van der Waals surface area contributed by atoms with Crippen molar-refractivity contribution in [2.45, 2.75) is 39.5 Å². The minimum atomic E-state index is 0.0794. The summed E-state index contributed by atoms with van der Waals surface area (Å²) < 4.78 is 16.5.